The molecule has 1 atom stereocenters. The van der Waals surface area contributed by atoms with Crippen LogP contribution >= 0.6 is 11.6 Å². The summed E-state index contributed by atoms with van der Waals surface area (Å²) in [6.07, 6.45) is 0. The van der Waals surface area contributed by atoms with Crippen LogP contribution in [0.5, 0.6) is 0 Å². The van der Waals surface area contributed by atoms with E-state index < -0.39 is 6.04 Å². The van der Waals surface area contributed by atoms with Crippen molar-refractivity contribution in [3.63, 3.8) is 0 Å². The van der Waals surface area contributed by atoms with Crippen LogP contribution in [0.1, 0.15) is 12.5 Å². The molecule has 1 aromatic carbocycles. The lowest BCUT2D eigenvalue weighted by molar-refractivity contribution is 0.619. The van der Waals surface area contributed by atoms with Gasteiger partial charge in [-0.05, 0) is 31.5 Å². The Bertz CT molecular complexity index is 384. The van der Waals surface area contributed by atoms with Crippen molar-refractivity contribution in [1.82, 2.24) is 0 Å². The fourth-order valence-corrected chi connectivity index (χ4v) is 1.30. The van der Waals surface area contributed by atoms with E-state index in [4.69, 9.17) is 16.9 Å². The van der Waals surface area contributed by atoms with Crippen molar-refractivity contribution in [2.45, 2.75) is 19.9 Å². The summed E-state index contributed by atoms with van der Waals surface area (Å²) < 4.78 is 13.1. The third-order valence-corrected chi connectivity index (χ3v) is 2.13. The molecular weight excluding hydrogens is 203 g/mol. The second kappa shape index (κ2) is 4.30. The molecule has 74 valence electrons. The maximum atomic E-state index is 13.1. The summed E-state index contributed by atoms with van der Waals surface area (Å²) in [5, 5.41) is 11.8. The lowest BCUT2D eigenvalue weighted by atomic mass is 10.2. The van der Waals surface area contributed by atoms with Gasteiger partial charge in [-0.25, -0.2) is 4.39 Å². The van der Waals surface area contributed by atoms with Crippen LogP contribution in [0.25, 0.3) is 0 Å². The Balaban J connectivity index is 2.99. The molecule has 2 nitrogen and oxygen atoms in total. The van der Waals surface area contributed by atoms with Gasteiger partial charge >= 0.3 is 0 Å². The minimum atomic E-state index is -0.394. The van der Waals surface area contributed by atoms with Crippen molar-refractivity contribution < 1.29 is 4.39 Å². The fraction of sp³-hybridized carbons (Fsp3) is 0.300. The SMILES string of the molecule is Cc1cc(Cl)c(NC(C)C#N)cc1F. The zero-order chi connectivity index (χ0) is 10.7. The minimum Gasteiger partial charge on any atom is -0.369 e. The van der Waals surface area contributed by atoms with Crippen molar-refractivity contribution in [3.8, 4) is 6.07 Å². The van der Waals surface area contributed by atoms with E-state index >= 15 is 0 Å². The van der Waals surface area contributed by atoms with Gasteiger partial charge in [-0.3, -0.25) is 0 Å². The summed E-state index contributed by atoms with van der Waals surface area (Å²) in [4.78, 5) is 0. The van der Waals surface area contributed by atoms with Crippen molar-refractivity contribution >= 4 is 17.3 Å². The molecule has 4 heteroatoms. The number of rotatable bonds is 2. The summed E-state index contributed by atoms with van der Waals surface area (Å²) in [5.74, 6) is -0.331. The average molecular weight is 213 g/mol. The Labute approximate surface area is 87.3 Å². The molecule has 0 radical (unpaired) electrons. The maximum Gasteiger partial charge on any atom is 0.128 e. The van der Waals surface area contributed by atoms with E-state index in [2.05, 4.69) is 5.32 Å². The monoisotopic (exact) mass is 212 g/mol. The number of aryl methyl sites for hydroxylation is 1. The molecule has 1 N–H and O–H groups in total. The van der Waals surface area contributed by atoms with E-state index in [0.29, 0.717) is 16.3 Å². The van der Waals surface area contributed by atoms with Gasteiger partial charge in [-0.15, -0.1) is 0 Å². The second-order valence-electron chi connectivity index (χ2n) is 3.08. The molecule has 1 unspecified atom stereocenters. The molecule has 0 bridgehead atoms. The highest BCUT2D eigenvalue weighted by Gasteiger charge is 2.07. The quantitative estimate of drug-likeness (QED) is 0.818. The van der Waals surface area contributed by atoms with Gasteiger partial charge in [-0.1, -0.05) is 11.6 Å². The van der Waals surface area contributed by atoms with E-state index in [0.717, 1.165) is 0 Å². The van der Waals surface area contributed by atoms with Gasteiger partial charge in [0.25, 0.3) is 0 Å². The highest BCUT2D eigenvalue weighted by molar-refractivity contribution is 6.33. The molecule has 14 heavy (non-hydrogen) atoms. The molecular formula is C10H10ClFN2. The van der Waals surface area contributed by atoms with Crippen molar-refractivity contribution in [1.29, 1.82) is 5.26 Å². The standard InChI is InChI=1S/C10H10ClFN2/c1-6-3-8(11)10(4-9(6)12)14-7(2)5-13/h3-4,7,14H,1-2H3. The third-order valence-electron chi connectivity index (χ3n) is 1.81. The number of nitrogens with one attached hydrogen (secondary N) is 1. The highest BCUT2D eigenvalue weighted by atomic mass is 35.5. The first kappa shape index (κ1) is 10.8. The Kier molecular flexibility index (Phi) is 3.32. The molecule has 0 saturated heterocycles. The van der Waals surface area contributed by atoms with Crippen LogP contribution in [0, 0.1) is 24.1 Å². The molecule has 0 spiro atoms. The minimum absolute atomic E-state index is 0.331. The Morgan fingerprint density at radius 2 is 2.21 bits per heavy atom. The van der Waals surface area contributed by atoms with Gasteiger partial charge in [0.1, 0.15) is 11.9 Å². The number of nitrogens with zero attached hydrogens (tertiary/aromatic N) is 1. The smallest absolute Gasteiger partial charge is 0.128 e. The predicted molar refractivity (Wildman–Crippen MR) is 54.8 cm³/mol. The molecule has 0 aliphatic rings. The van der Waals surface area contributed by atoms with Crippen LogP contribution in [-0.4, -0.2) is 6.04 Å². The normalized spacial score (nSPS) is 11.9. The molecule has 1 rings (SSSR count). The topological polar surface area (TPSA) is 35.8 Å². The Morgan fingerprint density at radius 1 is 1.57 bits per heavy atom. The second-order valence-corrected chi connectivity index (χ2v) is 3.48. The predicted octanol–water partition coefficient (Wildman–Crippen LogP) is 3.11. The van der Waals surface area contributed by atoms with E-state index in [9.17, 15) is 4.39 Å². The highest BCUT2D eigenvalue weighted by Crippen LogP contribution is 2.25. The van der Waals surface area contributed by atoms with Crippen LogP contribution in [0.3, 0.4) is 0 Å². The number of benzene rings is 1. The van der Waals surface area contributed by atoms with E-state index in [1.165, 1.54) is 12.1 Å². The molecule has 0 amide bonds. The fourth-order valence-electron chi connectivity index (χ4n) is 1.02. The molecule has 1 aromatic rings. The van der Waals surface area contributed by atoms with Crippen LogP contribution in [-0.2, 0) is 0 Å². The Hall–Kier alpha value is -1.27. The van der Waals surface area contributed by atoms with Gasteiger partial charge in [0, 0.05) is 0 Å². The average Bonchev–Trinajstić information content (AvgIpc) is 2.14. The number of hydrogen-bond acceptors (Lipinski definition) is 2. The summed E-state index contributed by atoms with van der Waals surface area (Å²) in [5.41, 5.74) is 0.939. The first-order chi connectivity index (χ1) is 6.54. The molecule has 0 fully saturated rings. The summed E-state index contributed by atoms with van der Waals surface area (Å²) in [6.45, 7) is 3.31. The number of nitriles is 1. The maximum absolute atomic E-state index is 13.1. The van der Waals surface area contributed by atoms with Gasteiger partial charge < -0.3 is 5.32 Å². The van der Waals surface area contributed by atoms with E-state index in [1.807, 2.05) is 6.07 Å². The van der Waals surface area contributed by atoms with Gasteiger partial charge in [-0.2, -0.15) is 5.26 Å². The third kappa shape index (κ3) is 2.36. The van der Waals surface area contributed by atoms with Crippen molar-refractivity contribution in [2.24, 2.45) is 0 Å². The number of hydrogen-bond donors (Lipinski definition) is 1. The molecule has 0 aromatic heterocycles. The number of anilines is 1. The van der Waals surface area contributed by atoms with Crippen molar-refractivity contribution in [2.75, 3.05) is 5.32 Å². The lowest BCUT2D eigenvalue weighted by Gasteiger charge is -2.10. The van der Waals surface area contributed by atoms with Crippen molar-refractivity contribution in [3.05, 3.63) is 28.5 Å². The Morgan fingerprint density at radius 3 is 2.79 bits per heavy atom. The number of halogens is 2. The van der Waals surface area contributed by atoms with E-state index in [-0.39, 0.29) is 5.82 Å². The summed E-state index contributed by atoms with van der Waals surface area (Å²) in [7, 11) is 0. The summed E-state index contributed by atoms with van der Waals surface area (Å²) >= 11 is 5.86. The largest absolute Gasteiger partial charge is 0.369 e. The zero-order valence-corrected chi connectivity index (χ0v) is 8.69. The lowest BCUT2D eigenvalue weighted by Crippen LogP contribution is -2.12. The molecule has 0 aliphatic carbocycles. The van der Waals surface area contributed by atoms with Crippen LogP contribution in [0.4, 0.5) is 10.1 Å². The molecule has 0 saturated carbocycles. The zero-order valence-electron chi connectivity index (χ0n) is 7.94. The van der Waals surface area contributed by atoms with Gasteiger partial charge in [0.15, 0.2) is 0 Å². The summed E-state index contributed by atoms with van der Waals surface area (Å²) in [6, 6.07) is 4.42. The van der Waals surface area contributed by atoms with E-state index in [1.54, 1.807) is 13.8 Å². The molecule has 0 heterocycles. The van der Waals surface area contributed by atoms with Gasteiger partial charge in [0.2, 0.25) is 0 Å². The first-order valence-corrected chi connectivity index (χ1v) is 4.54. The van der Waals surface area contributed by atoms with Gasteiger partial charge in [0.05, 0.1) is 16.8 Å². The molecule has 0 aliphatic heterocycles. The van der Waals surface area contributed by atoms with Crippen LogP contribution in [0.2, 0.25) is 5.02 Å². The van der Waals surface area contributed by atoms with Crippen LogP contribution in [0.15, 0.2) is 12.1 Å². The first-order valence-electron chi connectivity index (χ1n) is 4.16. The van der Waals surface area contributed by atoms with Crippen LogP contribution < -0.4 is 5.32 Å².